The molecule has 0 saturated carbocycles. The lowest BCUT2D eigenvalue weighted by atomic mass is 9.99. The fraction of sp³-hybridized carbons (Fsp3) is 0.667. The summed E-state index contributed by atoms with van der Waals surface area (Å²) in [7, 11) is 1.95. The first-order valence-corrected chi connectivity index (χ1v) is 8.67. The minimum absolute atomic E-state index is 0.221. The summed E-state index contributed by atoms with van der Waals surface area (Å²) in [4.78, 5) is 0. The molecule has 0 bridgehead atoms. The molecular weight excluding hydrogens is 285 g/mol. The Morgan fingerprint density at radius 1 is 1.10 bits per heavy atom. The Morgan fingerprint density at radius 2 is 1.76 bits per heavy atom. The van der Waals surface area contributed by atoms with Crippen LogP contribution in [0.15, 0.2) is 18.2 Å². The first-order chi connectivity index (χ1) is 10.2. The Labute approximate surface area is 134 Å². The van der Waals surface area contributed by atoms with Crippen LogP contribution in [0.4, 0.5) is 4.39 Å². The monoisotopic (exact) mass is 313 g/mol. The van der Waals surface area contributed by atoms with Crippen molar-refractivity contribution in [2.24, 2.45) is 0 Å². The van der Waals surface area contributed by atoms with Gasteiger partial charge < -0.3 is 5.32 Å². The van der Waals surface area contributed by atoms with Gasteiger partial charge in [-0.25, -0.2) is 4.39 Å². The second-order valence-corrected chi connectivity index (χ2v) is 6.22. The van der Waals surface area contributed by atoms with Gasteiger partial charge in [0.05, 0.1) is 5.02 Å². The van der Waals surface area contributed by atoms with Crippen molar-refractivity contribution in [1.29, 1.82) is 0 Å². The van der Waals surface area contributed by atoms with Crippen LogP contribution in [0.25, 0.3) is 0 Å². The van der Waals surface area contributed by atoms with Gasteiger partial charge in [-0.15, -0.1) is 0 Å². The zero-order valence-electron chi connectivity index (χ0n) is 13.4. The molecule has 0 radical (unpaired) electrons. The molecule has 1 rings (SSSR count). The lowest BCUT2D eigenvalue weighted by Crippen LogP contribution is -2.27. The molecule has 1 nitrogen and oxygen atoms in total. The summed E-state index contributed by atoms with van der Waals surface area (Å²) in [6, 6.07) is 5.58. The smallest absolute Gasteiger partial charge is 0.145 e. The van der Waals surface area contributed by atoms with E-state index in [1.165, 1.54) is 44.9 Å². The van der Waals surface area contributed by atoms with Crippen molar-refractivity contribution in [3.8, 4) is 0 Å². The van der Waals surface area contributed by atoms with Gasteiger partial charge in [0.1, 0.15) is 5.82 Å². The molecule has 0 aromatic heterocycles. The predicted octanol–water partition coefficient (Wildman–Crippen LogP) is 5.75. The van der Waals surface area contributed by atoms with Gasteiger partial charge in [-0.1, -0.05) is 75.6 Å². The summed E-state index contributed by atoms with van der Waals surface area (Å²) in [6.07, 6.45) is 11.0. The second-order valence-electron chi connectivity index (χ2n) is 5.81. The Hall–Kier alpha value is -0.600. The summed E-state index contributed by atoms with van der Waals surface area (Å²) >= 11 is 5.83. The number of hydrogen-bond donors (Lipinski definition) is 1. The van der Waals surface area contributed by atoms with E-state index in [2.05, 4.69) is 12.2 Å². The quantitative estimate of drug-likeness (QED) is 0.513. The van der Waals surface area contributed by atoms with Crippen LogP contribution in [0.1, 0.15) is 63.9 Å². The molecule has 0 amide bonds. The highest BCUT2D eigenvalue weighted by molar-refractivity contribution is 6.30. The Balaban J connectivity index is 2.27. The standard InChI is InChI=1S/C18H29ClFN/c1-3-4-5-6-7-8-9-12-16(21-2)14-15-11-10-13-17(19)18(15)20/h10-11,13,16,21H,3-9,12,14H2,1-2H3. The number of hydrogen-bond acceptors (Lipinski definition) is 1. The molecule has 0 heterocycles. The molecule has 1 atom stereocenters. The maximum absolute atomic E-state index is 13.9. The zero-order chi connectivity index (χ0) is 15.5. The molecule has 1 aromatic carbocycles. The van der Waals surface area contributed by atoms with Crippen LogP contribution >= 0.6 is 11.6 Å². The Bertz CT molecular complexity index is 395. The molecular formula is C18H29ClFN. The van der Waals surface area contributed by atoms with Gasteiger partial charge in [-0.3, -0.25) is 0 Å². The van der Waals surface area contributed by atoms with Gasteiger partial charge in [0, 0.05) is 6.04 Å². The van der Waals surface area contributed by atoms with Crippen LogP contribution in [-0.4, -0.2) is 13.1 Å². The summed E-state index contributed by atoms with van der Waals surface area (Å²) in [5.74, 6) is -0.265. The van der Waals surface area contributed by atoms with Crippen molar-refractivity contribution in [2.75, 3.05) is 7.05 Å². The van der Waals surface area contributed by atoms with Crippen molar-refractivity contribution in [1.82, 2.24) is 5.32 Å². The number of likely N-dealkylation sites (N-methyl/N-ethyl adjacent to an activating group) is 1. The van der Waals surface area contributed by atoms with Crippen molar-refractivity contribution >= 4 is 11.6 Å². The highest BCUT2D eigenvalue weighted by Gasteiger charge is 2.12. The highest BCUT2D eigenvalue weighted by Crippen LogP contribution is 2.20. The number of nitrogens with one attached hydrogen (secondary N) is 1. The summed E-state index contributed by atoms with van der Waals surface area (Å²) < 4.78 is 13.9. The molecule has 0 aliphatic carbocycles. The number of rotatable bonds is 11. The Morgan fingerprint density at radius 3 is 2.43 bits per heavy atom. The molecule has 0 aliphatic rings. The average Bonchev–Trinajstić information content (AvgIpc) is 2.49. The molecule has 0 spiro atoms. The van der Waals surface area contributed by atoms with Gasteiger partial charge in [0.2, 0.25) is 0 Å². The van der Waals surface area contributed by atoms with Crippen LogP contribution in [0, 0.1) is 5.82 Å². The van der Waals surface area contributed by atoms with Crippen LogP contribution in [0.5, 0.6) is 0 Å². The zero-order valence-corrected chi connectivity index (χ0v) is 14.2. The lowest BCUT2D eigenvalue weighted by molar-refractivity contribution is 0.470. The number of benzene rings is 1. The first-order valence-electron chi connectivity index (χ1n) is 8.29. The second kappa shape index (κ2) is 11.0. The molecule has 0 fully saturated rings. The van der Waals surface area contributed by atoms with Gasteiger partial charge >= 0.3 is 0 Å². The van der Waals surface area contributed by atoms with E-state index >= 15 is 0 Å². The number of halogens is 2. The average molecular weight is 314 g/mol. The van der Waals surface area contributed by atoms with Crippen LogP contribution in [0.3, 0.4) is 0 Å². The van der Waals surface area contributed by atoms with Gasteiger partial charge in [0.15, 0.2) is 0 Å². The van der Waals surface area contributed by atoms with Gasteiger partial charge in [-0.05, 0) is 31.5 Å². The molecule has 1 aromatic rings. The van der Waals surface area contributed by atoms with Crippen LogP contribution in [-0.2, 0) is 6.42 Å². The summed E-state index contributed by atoms with van der Waals surface area (Å²) in [6.45, 7) is 2.24. The molecule has 1 unspecified atom stereocenters. The minimum Gasteiger partial charge on any atom is -0.317 e. The SMILES string of the molecule is CCCCCCCCCC(Cc1cccc(Cl)c1F)NC. The normalized spacial score (nSPS) is 12.6. The molecule has 1 N–H and O–H groups in total. The van der Waals surface area contributed by atoms with E-state index in [4.69, 9.17) is 11.6 Å². The van der Waals surface area contributed by atoms with E-state index < -0.39 is 0 Å². The minimum atomic E-state index is -0.265. The lowest BCUT2D eigenvalue weighted by Gasteiger charge is -2.17. The van der Waals surface area contributed by atoms with Crippen LogP contribution < -0.4 is 5.32 Å². The van der Waals surface area contributed by atoms with E-state index in [0.29, 0.717) is 18.0 Å². The molecule has 21 heavy (non-hydrogen) atoms. The van der Waals surface area contributed by atoms with Crippen molar-refractivity contribution in [3.63, 3.8) is 0 Å². The topological polar surface area (TPSA) is 12.0 Å². The van der Waals surface area contributed by atoms with E-state index in [1.807, 2.05) is 19.2 Å². The first kappa shape index (κ1) is 18.4. The molecule has 0 saturated heterocycles. The van der Waals surface area contributed by atoms with E-state index in [1.54, 1.807) is 6.07 Å². The van der Waals surface area contributed by atoms with E-state index in [9.17, 15) is 4.39 Å². The Kier molecular flexibility index (Phi) is 9.69. The maximum atomic E-state index is 13.9. The van der Waals surface area contributed by atoms with E-state index in [-0.39, 0.29) is 10.8 Å². The van der Waals surface area contributed by atoms with Crippen molar-refractivity contribution in [2.45, 2.75) is 70.8 Å². The fourth-order valence-electron chi connectivity index (χ4n) is 2.67. The van der Waals surface area contributed by atoms with Gasteiger partial charge in [0.25, 0.3) is 0 Å². The van der Waals surface area contributed by atoms with E-state index in [0.717, 1.165) is 6.42 Å². The highest BCUT2D eigenvalue weighted by atomic mass is 35.5. The maximum Gasteiger partial charge on any atom is 0.145 e. The third kappa shape index (κ3) is 7.28. The fourth-order valence-corrected chi connectivity index (χ4v) is 2.86. The van der Waals surface area contributed by atoms with Crippen LogP contribution in [0.2, 0.25) is 5.02 Å². The molecule has 0 aliphatic heterocycles. The molecule has 3 heteroatoms. The molecule has 120 valence electrons. The summed E-state index contributed by atoms with van der Waals surface area (Å²) in [5, 5.41) is 3.52. The van der Waals surface area contributed by atoms with Crippen molar-refractivity contribution in [3.05, 3.63) is 34.6 Å². The summed E-state index contributed by atoms with van der Waals surface area (Å²) in [5.41, 5.74) is 0.713. The van der Waals surface area contributed by atoms with Gasteiger partial charge in [-0.2, -0.15) is 0 Å². The third-order valence-corrected chi connectivity index (χ3v) is 4.35. The van der Waals surface area contributed by atoms with Crippen molar-refractivity contribution < 1.29 is 4.39 Å². The number of unbranched alkanes of at least 4 members (excludes halogenated alkanes) is 6. The third-order valence-electron chi connectivity index (χ3n) is 4.06. The largest absolute Gasteiger partial charge is 0.317 e. The predicted molar refractivity (Wildman–Crippen MR) is 90.6 cm³/mol.